The molecule has 0 atom stereocenters. The third-order valence-corrected chi connectivity index (χ3v) is 1.75. The van der Waals surface area contributed by atoms with E-state index < -0.39 is 0 Å². The van der Waals surface area contributed by atoms with E-state index in [1.807, 2.05) is 0 Å². The highest BCUT2D eigenvalue weighted by molar-refractivity contribution is 4.53. The Morgan fingerprint density at radius 1 is 1.09 bits per heavy atom. The van der Waals surface area contributed by atoms with Gasteiger partial charge >= 0.3 is 0 Å². The molecular weight excluding hydrogens is 138 g/mol. The van der Waals surface area contributed by atoms with Gasteiger partial charge in [-0.15, -0.1) is 0 Å². The molecule has 0 aliphatic heterocycles. The molecule has 0 amide bonds. The monoisotopic (exact) mass is 161 g/mol. The molecule has 0 aromatic carbocycles. The Kier molecular flexibility index (Phi) is 12.1. The molecule has 0 aliphatic carbocycles. The molecule has 0 aromatic rings. The van der Waals surface area contributed by atoms with E-state index in [0.717, 1.165) is 13.1 Å². The van der Waals surface area contributed by atoms with Gasteiger partial charge in [0.15, 0.2) is 0 Å². The molecule has 0 rings (SSSR count). The molecule has 0 unspecified atom stereocenters. The van der Waals surface area contributed by atoms with Crippen molar-refractivity contribution in [3.8, 4) is 0 Å². The van der Waals surface area contributed by atoms with Crippen LogP contribution in [0.4, 0.5) is 0 Å². The maximum atomic E-state index is 3.31. The third-order valence-electron chi connectivity index (χ3n) is 1.75. The van der Waals surface area contributed by atoms with Crippen molar-refractivity contribution in [3.05, 3.63) is 0 Å². The third kappa shape index (κ3) is 7.78. The second-order valence-corrected chi connectivity index (χ2v) is 2.38. The van der Waals surface area contributed by atoms with E-state index >= 15 is 0 Å². The zero-order valence-corrected chi connectivity index (χ0v) is 8.19. The van der Waals surface area contributed by atoms with Gasteiger partial charge in [-0.05, 0) is 19.6 Å². The Hall–Kier alpha value is -0.120. The summed E-state index contributed by atoms with van der Waals surface area (Å²) in [5, 5.41) is 3.31. The smallest absolute Gasteiger partial charge is 0.0107 e. The molecule has 0 bridgehead atoms. The van der Waals surface area contributed by atoms with E-state index in [4.69, 9.17) is 0 Å². The lowest BCUT2D eigenvalue weighted by molar-refractivity contribution is 0.303. The number of hydrogen-bond donors (Lipinski definition) is 2. The van der Waals surface area contributed by atoms with E-state index in [9.17, 15) is 0 Å². The summed E-state index contributed by atoms with van der Waals surface area (Å²) < 4.78 is 0. The summed E-state index contributed by atoms with van der Waals surface area (Å²) in [5.74, 6) is 0. The molecule has 11 heavy (non-hydrogen) atoms. The fraction of sp³-hybridized carbons (Fsp3) is 1.00. The minimum absolute atomic E-state index is 0. The van der Waals surface area contributed by atoms with Gasteiger partial charge in [0, 0.05) is 13.1 Å². The van der Waals surface area contributed by atoms with Crippen LogP contribution in [-0.4, -0.2) is 37.6 Å². The van der Waals surface area contributed by atoms with Crippen molar-refractivity contribution in [3.63, 3.8) is 0 Å². The van der Waals surface area contributed by atoms with Crippen LogP contribution in [0, 0.1) is 0 Å². The van der Waals surface area contributed by atoms with Gasteiger partial charge in [-0.2, -0.15) is 0 Å². The molecule has 0 aromatic heterocycles. The summed E-state index contributed by atoms with van der Waals surface area (Å²) in [6.07, 6.45) is 0. The van der Waals surface area contributed by atoms with Crippen LogP contribution in [0.15, 0.2) is 0 Å². The predicted octanol–water partition coefficient (Wildman–Crippen LogP) is 1.10. The standard InChI is InChI=1S/C8H20N2.H3N/c1-4-9-7-8-10(5-2)6-3;/h9H,4-8H2,1-3H3;1H3. The highest BCUT2D eigenvalue weighted by Crippen LogP contribution is 1.83. The SMILES string of the molecule is CCNCCN(CC)CC.N. The van der Waals surface area contributed by atoms with Crippen LogP contribution in [-0.2, 0) is 0 Å². The molecule has 0 heterocycles. The fourth-order valence-electron chi connectivity index (χ4n) is 0.954. The molecule has 0 aliphatic rings. The van der Waals surface area contributed by atoms with Gasteiger partial charge in [0.05, 0.1) is 0 Å². The Balaban J connectivity index is 0. The van der Waals surface area contributed by atoms with Gasteiger partial charge < -0.3 is 16.4 Å². The van der Waals surface area contributed by atoms with Crippen molar-refractivity contribution in [1.82, 2.24) is 16.4 Å². The molecule has 0 spiro atoms. The largest absolute Gasteiger partial charge is 0.344 e. The first-order valence-corrected chi connectivity index (χ1v) is 4.28. The van der Waals surface area contributed by atoms with E-state index in [-0.39, 0.29) is 6.15 Å². The first-order chi connectivity index (χ1) is 4.85. The Bertz CT molecular complexity index is 62.4. The van der Waals surface area contributed by atoms with E-state index in [0.29, 0.717) is 0 Å². The molecular formula is C8H23N3. The lowest BCUT2D eigenvalue weighted by Crippen LogP contribution is -2.31. The lowest BCUT2D eigenvalue weighted by Gasteiger charge is -2.17. The van der Waals surface area contributed by atoms with Crippen molar-refractivity contribution in [2.24, 2.45) is 0 Å². The molecule has 0 radical (unpaired) electrons. The zero-order valence-electron chi connectivity index (χ0n) is 8.19. The summed E-state index contributed by atoms with van der Waals surface area (Å²) in [6.45, 7) is 12.3. The van der Waals surface area contributed by atoms with Crippen molar-refractivity contribution in [1.29, 1.82) is 0 Å². The van der Waals surface area contributed by atoms with Crippen LogP contribution < -0.4 is 11.5 Å². The first kappa shape index (κ1) is 13.5. The Morgan fingerprint density at radius 2 is 1.64 bits per heavy atom. The summed E-state index contributed by atoms with van der Waals surface area (Å²) in [5.41, 5.74) is 0. The molecule has 70 valence electrons. The molecule has 0 saturated heterocycles. The van der Waals surface area contributed by atoms with Gasteiger partial charge in [-0.1, -0.05) is 20.8 Å². The first-order valence-electron chi connectivity index (χ1n) is 4.28. The van der Waals surface area contributed by atoms with Crippen molar-refractivity contribution in [2.75, 3.05) is 32.7 Å². The number of nitrogens with one attached hydrogen (secondary N) is 1. The summed E-state index contributed by atoms with van der Waals surface area (Å²) in [4.78, 5) is 2.42. The average Bonchev–Trinajstić information content (AvgIpc) is 1.99. The van der Waals surface area contributed by atoms with Crippen LogP contribution in [0.5, 0.6) is 0 Å². The van der Waals surface area contributed by atoms with Crippen LogP contribution in [0.25, 0.3) is 0 Å². The molecule has 0 fully saturated rings. The zero-order chi connectivity index (χ0) is 7.82. The van der Waals surface area contributed by atoms with Crippen LogP contribution in [0.2, 0.25) is 0 Å². The van der Waals surface area contributed by atoms with E-state index in [1.165, 1.54) is 19.6 Å². The van der Waals surface area contributed by atoms with Gasteiger partial charge in [0.25, 0.3) is 0 Å². The van der Waals surface area contributed by atoms with Crippen molar-refractivity contribution < 1.29 is 0 Å². The van der Waals surface area contributed by atoms with Crippen LogP contribution >= 0.6 is 0 Å². The van der Waals surface area contributed by atoms with Gasteiger partial charge in [0.2, 0.25) is 0 Å². The minimum Gasteiger partial charge on any atom is -0.344 e. The Morgan fingerprint density at radius 3 is 2.00 bits per heavy atom. The van der Waals surface area contributed by atoms with Crippen molar-refractivity contribution >= 4 is 0 Å². The summed E-state index contributed by atoms with van der Waals surface area (Å²) in [6, 6.07) is 0. The lowest BCUT2D eigenvalue weighted by atomic mass is 10.4. The molecule has 3 nitrogen and oxygen atoms in total. The summed E-state index contributed by atoms with van der Waals surface area (Å²) in [7, 11) is 0. The van der Waals surface area contributed by atoms with E-state index in [1.54, 1.807) is 0 Å². The van der Waals surface area contributed by atoms with Crippen LogP contribution in [0.1, 0.15) is 20.8 Å². The molecule has 3 heteroatoms. The second kappa shape index (κ2) is 9.88. The van der Waals surface area contributed by atoms with Crippen LogP contribution in [0.3, 0.4) is 0 Å². The topological polar surface area (TPSA) is 50.3 Å². The Labute approximate surface area is 70.7 Å². The summed E-state index contributed by atoms with van der Waals surface area (Å²) >= 11 is 0. The molecule has 0 saturated carbocycles. The maximum absolute atomic E-state index is 3.31. The minimum atomic E-state index is 0. The van der Waals surface area contributed by atoms with Gasteiger partial charge in [0.1, 0.15) is 0 Å². The highest BCUT2D eigenvalue weighted by Gasteiger charge is 1.95. The van der Waals surface area contributed by atoms with Gasteiger partial charge in [-0.25, -0.2) is 0 Å². The number of rotatable bonds is 6. The highest BCUT2D eigenvalue weighted by atomic mass is 15.1. The number of hydrogen-bond acceptors (Lipinski definition) is 3. The quantitative estimate of drug-likeness (QED) is 0.574. The fourth-order valence-corrected chi connectivity index (χ4v) is 0.954. The van der Waals surface area contributed by atoms with Gasteiger partial charge in [-0.3, -0.25) is 0 Å². The predicted molar refractivity (Wildman–Crippen MR) is 51.4 cm³/mol. The van der Waals surface area contributed by atoms with E-state index in [2.05, 4.69) is 31.0 Å². The average molecular weight is 161 g/mol. The van der Waals surface area contributed by atoms with Crippen molar-refractivity contribution in [2.45, 2.75) is 20.8 Å². The number of likely N-dealkylation sites (N-methyl/N-ethyl adjacent to an activating group) is 2. The second-order valence-electron chi connectivity index (χ2n) is 2.38. The maximum Gasteiger partial charge on any atom is 0.0107 e. The molecule has 4 N–H and O–H groups in total. The number of nitrogens with zero attached hydrogens (tertiary/aromatic N) is 1. The normalized spacial score (nSPS) is 9.82.